The maximum Gasteiger partial charge on any atom is 0.341 e. The molecular weight excluding hydrogens is 210 g/mol. The van der Waals surface area contributed by atoms with Crippen molar-refractivity contribution in [1.82, 2.24) is 5.32 Å². The third-order valence-electron chi connectivity index (χ3n) is 2.39. The fourth-order valence-electron chi connectivity index (χ4n) is 1.71. The van der Waals surface area contributed by atoms with Gasteiger partial charge in [-0.15, -0.1) is 0 Å². The Kier molecular flexibility index (Phi) is 2.76. The van der Waals surface area contributed by atoms with E-state index in [0.29, 0.717) is 24.3 Å². The van der Waals surface area contributed by atoms with E-state index in [1.165, 1.54) is 0 Å². The van der Waals surface area contributed by atoms with Gasteiger partial charge in [-0.1, -0.05) is 6.07 Å². The number of hydrogen-bond acceptors (Lipinski definition) is 3. The van der Waals surface area contributed by atoms with Crippen LogP contribution < -0.4 is 10.1 Å². The Hall–Kier alpha value is -2.04. The van der Waals surface area contributed by atoms with Crippen molar-refractivity contribution in [2.75, 3.05) is 13.2 Å². The second-order valence-electron chi connectivity index (χ2n) is 3.47. The van der Waals surface area contributed by atoms with Gasteiger partial charge in [0.1, 0.15) is 5.75 Å². The summed E-state index contributed by atoms with van der Waals surface area (Å²) in [6.45, 7) is 0.164. The Bertz CT molecular complexity index is 442. The minimum absolute atomic E-state index is 0.137. The van der Waals surface area contributed by atoms with Crippen molar-refractivity contribution in [2.45, 2.75) is 6.42 Å². The molecule has 2 rings (SSSR count). The molecule has 0 bridgehead atoms. The topological polar surface area (TPSA) is 75.6 Å². The lowest BCUT2D eigenvalue weighted by Crippen LogP contribution is -2.32. The monoisotopic (exact) mass is 221 g/mol. The van der Waals surface area contributed by atoms with Crippen LogP contribution in [0, 0.1) is 0 Å². The SMILES string of the molecule is O=C(O)COc1cccc2c1CCNC2=O. The van der Waals surface area contributed by atoms with E-state index in [1.54, 1.807) is 18.2 Å². The van der Waals surface area contributed by atoms with Crippen LogP contribution in [0.15, 0.2) is 18.2 Å². The molecule has 2 N–H and O–H groups in total. The lowest BCUT2D eigenvalue weighted by molar-refractivity contribution is -0.139. The van der Waals surface area contributed by atoms with Gasteiger partial charge in [-0.25, -0.2) is 4.79 Å². The molecule has 0 fully saturated rings. The number of carbonyl (C=O) groups excluding carboxylic acids is 1. The quantitative estimate of drug-likeness (QED) is 0.776. The normalized spacial score (nSPS) is 13.9. The summed E-state index contributed by atoms with van der Waals surface area (Å²) in [7, 11) is 0. The Labute approximate surface area is 92.0 Å². The Morgan fingerprint density at radius 1 is 1.50 bits per heavy atom. The summed E-state index contributed by atoms with van der Waals surface area (Å²) in [5.74, 6) is -0.686. The molecular formula is C11H11NO4. The number of carbonyl (C=O) groups is 2. The van der Waals surface area contributed by atoms with Gasteiger partial charge in [0, 0.05) is 17.7 Å². The zero-order chi connectivity index (χ0) is 11.5. The van der Waals surface area contributed by atoms with E-state index in [4.69, 9.17) is 9.84 Å². The average Bonchev–Trinajstić information content (AvgIpc) is 2.27. The molecule has 16 heavy (non-hydrogen) atoms. The van der Waals surface area contributed by atoms with Crippen LogP contribution in [-0.4, -0.2) is 30.1 Å². The van der Waals surface area contributed by atoms with E-state index in [-0.39, 0.29) is 5.91 Å². The molecule has 1 amide bonds. The summed E-state index contributed by atoms with van der Waals surface area (Å²) in [4.78, 5) is 21.9. The lowest BCUT2D eigenvalue weighted by atomic mass is 9.99. The molecule has 0 atom stereocenters. The number of carboxylic acid groups (broad SMARTS) is 1. The number of carboxylic acids is 1. The minimum Gasteiger partial charge on any atom is -0.482 e. The van der Waals surface area contributed by atoms with Gasteiger partial charge < -0.3 is 15.2 Å². The van der Waals surface area contributed by atoms with Gasteiger partial charge in [-0.3, -0.25) is 4.79 Å². The van der Waals surface area contributed by atoms with E-state index >= 15 is 0 Å². The largest absolute Gasteiger partial charge is 0.482 e. The van der Waals surface area contributed by atoms with Crippen LogP contribution in [0.1, 0.15) is 15.9 Å². The van der Waals surface area contributed by atoms with Crippen molar-refractivity contribution in [1.29, 1.82) is 0 Å². The smallest absolute Gasteiger partial charge is 0.341 e. The molecule has 1 heterocycles. The molecule has 1 aromatic carbocycles. The highest BCUT2D eigenvalue weighted by molar-refractivity contribution is 5.97. The highest BCUT2D eigenvalue weighted by atomic mass is 16.5. The fourth-order valence-corrected chi connectivity index (χ4v) is 1.71. The number of fused-ring (bicyclic) bond motifs is 1. The third kappa shape index (κ3) is 1.98. The highest BCUT2D eigenvalue weighted by Gasteiger charge is 2.19. The van der Waals surface area contributed by atoms with Crippen molar-refractivity contribution in [3.63, 3.8) is 0 Å². The predicted octanol–water partition coefficient (Wildman–Crippen LogP) is 0.436. The van der Waals surface area contributed by atoms with Crippen LogP contribution in [0.4, 0.5) is 0 Å². The molecule has 0 aromatic heterocycles. The summed E-state index contributed by atoms with van der Waals surface area (Å²) in [5.41, 5.74) is 1.35. The Morgan fingerprint density at radius 3 is 3.06 bits per heavy atom. The van der Waals surface area contributed by atoms with Gasteiger partial charge in [0.05, 0.1) is 0 Å². The van der Waals surface area contributed by atoms with Gasteiger partial charge >= 0.3 is 5.97 Å². The van der Waals surface area contributed by atoms with Crippen LogP contribution >= 0.6 is 0 Å². The predicted molar refractivity (Wildman–Crippen MR) is 55.6 cm³/mol. The van der Waals surface area contributed by atoms with Gasteiger partial charge in [0.25, 0.3) is 5.91 Å². The maximum atomic E-state index is 11.5. The Balaban J connectivity index is 2.29. The molecule has 1 aromatic rings. The first-order valence-electron chi connectivity index (χ1n) is 4.93. The summed E-state index contributed by atoms with van der Waals surface area (Å²) < 4.78 is 5.13. The molecule has 0 spiro atoms. The standard InChI is InChI=1S/C11H11NO4/c13-10(14)6-16-9-3-1-2-8-7(9)4-5-12-11(8)15/h1-3H,4-6H2,(H,12,15)(H,13,14). The van der Waals surface area contributed by atoms with Crippen molar-refractivity contribution in [3.8, 4) is 5.75 Å². The number of nitrogens with one attached hydrogen (secondary N) is 1. The summed E-state index contributed by atoms with van der Waals surface area (Å²) in [5, 5.41) is 11.2. The fraction of sp³-hybridized carbons (Fsp3) is 0.273. The lowest BCUT2D eigenvalue weighted by Gasteiger charge is -2.19. The summed E-state index contributed by atoms with van der Waals surface area (Å²) >= 11 is 0. The molecule has 0 aliphatic carbocycles. The second-order valence-corrected chi connectivity index (χ2v) is 3.47. The van der Waals surface area contributed by atoms with E-state index < -0.39 is 12.6 Å². The number of rotatable bonds is 3. The highest BCUT2D eigenvalue weighted by Crippen LogP contribution is 2.25. The van der Waals surface area contributed by atoms with Crippen LogP contribution in [0.25, 0.3) is 0 Å². The Morgan fingerprint density at radius 2 is 2.31 bits per heavy atom. The molecule has 1 aliphatic heterocycles. The van der Waals surface area contributed by atoms with Crippen molar-refractivity contribution >= 4 is 11.9 Å². The number of amides is 1. The molecule has 1 aliphatic rings. The zero-order valence-electron chi connectivity index (χ0n) is 8.53. The van der Waals surface area contributed by atoms with Crippen LogP contribution in [0.5, 0.6) is 5.75 Å². The van der Waals surface area contributed by atoms with Crippen molar-refractivity contribution in [3.05, 3.63) is 29.3 Å². The van der Waals surface area contributed by atoms with Gasteiger partial charge in [0.2, 0.25) is 0 Å². The first-order valence-corrected chi connectivity index (χ1v) is 4.93. The van der Waals surface area contributed by atoms with E-state index in [1.807, 2.05) is 0 Å². The number of ether oxygens (including phenoxy) is 1. The summed E-state index contributed by atoms with van der Waals surface area (Å²) in [6.07, 6.45) is 0.664. The zero-order valence-corrected chi connectivity index (χ0v) is 8.53. The average molecular weight is 221 g/mol. The van der Waals surface area contributed by atoms with E-state index in [0.717, 1.165) is 5.56 Å². The summed E-state index contributed by atoms with van der Waals surface area (Å²) in [6, 6.07) is 5.07. The molecule has 5 heteroatoms. The first kappa shape index (κ1) is 10.5. The third-order valence-corrected chi connectivity index (χ3v) is 2.39. The van der Waals surface area contributed by atoms with Crippen LogP contribution in [0.2, 0.25) is 0 Å². The van der Waals surface area contributed by atoms with Crippen LogP contribution in [-0.2, 0) is 11.2 Å². The van der Waals surface area contributed by atoms with Crippen molar-refractivity contribution < 1.29 is 19.4 Å². The minimum atomic E-state index is -1.03. The van der Waals surface area contributed by atoms with E-state index in [9.17, 15) is 9.59 Å². The number of benzene rings is 1. The van der Waals surface area contributed by atoms with Gasteiger partial charge in [0.15, 0.2) is 6.61 Å². The van der Waals surface area contributed by atoms with E-state index in [2.05, 4.69) is 5.32 Å². The first-order chi connectivity index (χ1) is 7.68. The number of aliphatic carboxylic acids is 1. The van der Waals surface area contributed by atoms with Gasteiger partial charge in [-0.05, 0) is 18.6 Å². The molecule has 0 unspecified atom stereocenters. The molecule has 0 saturated carbocycles. The second kappa shape index (κ2) is 4.22. The van der Waals surface area contributed by atoms with Crippen LogP contribution in [0.3, 0.4) is 0 Å². The molecule has 5 nitrogen and oxygen atoms in total. The molecule has 0 radical (unpaired) electrons. The van der Waals surface area contributed by atoms with Crippen molar-refractivity contribution in [2.24, 2.45) is 0 Å². The maximum absolute atomic E-state index is 11.5. The molecule has 0 saturated heterocycles. The molecule has 84 valence electrons. The van der Waals surface area contributed by atoms with Gasteiger partial charge in [-0.2, -0.15) is 0 Å². The number of hydrogen-bond donors (Lipinski definition) is 2.